The minimum Gasteiger partial charge on any atom is -0.472 e. The van der Waals surface area contributed by atoms with Crippen molar-refractivity contribution in [1.29, 1.82) is 0 Å². The first-order chi connectivity index (χ1) is 7.15. The molecule has 1 rings (SSSR count). The second-order valence-corrected chi connectivity index (χ2v) is 3.57. The Morgan fingerprint density at radius 2 is 2.20 bits per heavy atom. The first-order valence-electron chi connectivity index (χ1n) is 5.01. The first kappa shape index (κ1) is 11.9. The summed E-state index contributed by atoms with van der Waals surface area (Å²) in [5.74, 6) is 0.594. The molecule has 0 spiro atoms. The molecule has 0 aromatic carbocycles. The Morgan fingerprint density at radius 3 is 2.80 bits per heavy atom. The summed E-state index contributed by atoms with van der Waals surface area (Å²) in [6.07, 6.45) is 1.67. The number of methoxy groups -OCH3 is 1. The van der Waals surface area contributed by atoms with Crippen LogP contribution in [0.4, 0.5) is 0 Å². The zero-order valence-corrected chi connectivity index (χ0v) is 9.43. The van der Waals surface area contributed by atoms with E-state index in [1.807, 2.05) is 26.0 Å². The predicted molar refractivity (Wildman–Crippen MR) is 58.8 cm³/mol. The van der Waals surface area contributed by atoms with Crippen LogP contribution in [-0.2, 0) is 4.74 Å². The van der Waals surface area contributed by atoms with Crippen LogP contribution in [0.5, 0.6) is 5.88 Å². The molecular weight excluding hydrogens is 192 g/mol. The fourth-order valence-electron chi connectivity index (χ4n) is 1.31. The molecule has 0 aliphatic rings. The third-order valence-corrected chi connectivity index (χ3v) is 2.01. The van der Waals surface area contributed by atoms with Gasteiger partial charge in [-0.2, -0.15) is 0 Å². The molecule has 0 aliphatic carbocycles. The predicted octanol–water partition coefficient (Wildman–Crippen LogP) is 1.52. The minimum absolute atomic E-state index is 0.0256. The van der Waals surface area contributed by atoms with E-state index in [9.17, 15) is 0 Å². The van der Waals surface area contributed by atoms with Crippen LogP contribution in [0.25, 0.3) is 0 Å². The van der Waals surface area contributed by atoms with E-state index in [0.717, 1.165) is 5.56 Å². The zero-order chi connectivity index (χ0) is 11.3. The first-order valence-corrected chi connectivity index (χ1v) is 5.01. The monoisotopic (exact) mass is 210 g/mol. The molecule has 15 heavy (non-hydrogen) atoms. The van der Waals surface area contributed by atoms with Crippen LogP contribution >= 0.6 is 0 Å². The van der Waals surface area contributed by atoms with Gasteiger partial charge in [0.25, 0.3) is 0 Å². The summed E-state index contributed by atoms with van der Waals surface area (Å²) in [5.41, 5.74) is 6.73. The van der Waals surface area contributed by atoms with Crippen molar-refractivity contribution >= 4 is 0 Å². The largest absolute Gasteiger partial charge is 0.472 e. The van der Waals surface area contributed by atoms with Crippen molar-refractivity contribution in [2.75, 3.05) is 13.7 Å². The molecule has 1 heterocycles. The van der Waals surface area contributed by atoms with Crippen LogP contribution in [0.1, 0.15) is 25.5 Å². The fraction of sp³-hybridized carbons (Fsp3) is 0.545. The smallest absolute Gasteiger partial charge is 0.218 e. The van der Waals surface area contributed by atoms with E-state index in [0.29, 0.717) is 12.5 Å². The zero-order valence-electron chi connectivity index (χ0n) is 9.43. The molecule has 4 nitrogen and oxygen atoms in total. The van der Waals surface area contributed by atoms with Crippen molar-refractivity contribution < 1.29 is 9.47 Å². The second-order valence-electron chi connectivity index (χ2n) is 3.57. The Labute approximate surface area is 90.4 Å². The lowest BCUT2D eigenvalue weighted by Gasteiger charge is -2.16. The number of pyridine rings is 1. The van der Waals surface area contributed by atoms with Gasteiger partial charge < -0.3 is 15.2 Å². The minimum atomic E-state index is -0.0801. The van der Waals surface area contributed by atoms with E-state index in [1.54, 1.807) is 13.3 Å². The number of hydrogen-bond donors (Lipinski definition) is 1. The highest BCUT2D eigenvalue weighted by atomic mass is 16.5. The summed E-state index contributed by atoms with van der Waals surface area (Å²) in [5, 5.41) is 0. The summed E-state index contributed by atoms with van der Waals surface area (Å²) >= 11 is 0. The summed E-state index contributed by atoms with van der Waals surface area (Å²) in [6.45, 7) is 4.38. The Hall–Kier alpha value is -1.13. The van der Waals surface area contributed by atoms with Crippen LogP contribution in [0.2, 0.25) is 0 Å². The Morgan fingerprint density at radius 1 is 1.47 bits per heavy atom. The molecule has 1 aromatic rings. The summed E-state index contributed by atoms with van der Waals surface area (Å²) in [4.78, 5) is 4.16. The van der Waals surface area contributed by atoms with Gasteiger partial charge in [-0.25, -0.2) is 4.98 Å². The number of ether oxygens (including phenoxy) is 2. The molecule has 84 valence electrons. The topological polar surface area (TPSA) is 57.4 Å². The molecule has 0 saturated carbocycles. The fourth-order valence-corrected chi connectivity index (χ4v) is 1.31. The van der Waals surface area contributed by atoms with Crippen LogP contribution in [-0.4, -0.2) is 24.8 Å². The average Bonchev–Trinajstić information content (AvgIpc) is 2.18. The molecule has 2 atom stereocenters. The van der Waals surface area contributed by atoms with Gasteiger partial charge in [0.1, 0.15) is 6.10 Å². The van der Waals surface area contributed by atoms with Gasteiger partial charge in [-0.05, 0) is 19.9 Å². The normalized spacial score (nSPS) is 14.7. The van der Waals surface area contributed by atoms with E-state index in [2.05, 4.69) is 4.98 Å². The molecule has 0 radical (unpaired) electrons. The Kier molecular flexibility index (Phi) is 4.52. The van der Waals surface area contributed by atoms with E-state index >= 15 is 0 Å². The summed E-state index contributed by atoms with van der Waals surface area (Å²) in [7, 11) is 1.64. The molecule has 0 saturated heterocycles. The third-order valence-electron chi connectivity index (χ3n) is 2.01. The molecule has 0 fully saturated rings. The molecule has 0 bridgehead atoms. The maximum absolute atomic E-state index is 5.81. The van der Waals surface area contributed by atoms with Gasteiger partial charge in [-0.3, -0.25) is 0 Å². The molecule has 4 heteroatoms. The van der Waals surface area contributed by atoms with Crippen LogP contribution in [0.15, 0.2) is 18.3 Å². The average molecular weight is 210 g/mol. The highest BCUT2D eigenvalue weighted by molar-refractivity contribution is 5.28. The van der Waals surface area contributed by atoms with Crippen molar-refractivity contribution in [3.63, 3.8) is 0 Å². The molecule has 2 N–H and O–H groups in total. The lowest BCUT2D eigenvalue weighted by atomic mass is 10.1. The van der Waals surface area contributed by atoms with E-state index in [1.165, 1.54) is 0 Å². The number of aromatic nitrogens is 1. The number of rotatable bonds is 5. The highest BCUT2D eigenvalue weighted by Gasteiger charge is 2.11. The quantitative estimate of drug-likeness (QED) is 0.800. The van der Waals surface area contributed by atoms with Crippen molar-refractivity contribution in [3.05, 3.63) is 23.9 Å². The van der Waals surface area contributed by atoms with Gasteiger partial charge >= 0.3 is 0 Å². The van der Waals surface area contributed by atoms with Crippen molar-refractivity contribution in [2.45, 2.75) is 26.0 Å². The number of hydrogen-bond acceptors (Lipinski definition) is 4. The van der Waals surface area contributed by atoms with Crippen LogP contribution in [0, 0.1) is 0 Å². The molecule has 1 unspecified atom stereocenters. The standard InChI is InChI=1S/C11H18N2O2/c1-8(7-14-3)15-11-10(9(2)12)5-4-6-13-11/h4-6,8-9H,7,12H2,1-3H3/t8?,9-/m1/s1. The van der Waals surface area contributed by atoms with Gasteiger partial charge in [0, 0.05) is 24.9 Å². The molecule has 0 aliphatic heterocycles. The summed E-state index contributed by atoms with van der Waals surface area (Å²) in [6, 6.07) is 3.70. The Balaban J connectivity index is 2.75. The van der Waals surface area contributed by atoms with Crippen LogP contribution < -0.4 is 10.5 Å². The highest BCUT2D eigenvalue weighted by Crippen LogP contribution is 2.21. The number of nitrogens with two attached hydrogens (primary N) is 1. The van der Waals surface area contributed by atoms with Gasteiger partial charge in [-0.1, -0.05) is 6.07 Å². The SMILES string of the molecule is COCC(C)Oc1ncccc1[C@@H](C)N. The van der Waals surface area contributed by atoms with Crippen LogP contribution in [0.3, 0.4) is 0 Å². The molecule has 0 amide bonds. The number of nitrogens with zero attached hydrogens (tertiary/aromatic N) is 1. The second kappa shape index (κ2) is 5.68. The van der Waals surface area contributed by atoms with Crippen molar-refractivity contribution in [1.82, 2.24) is 4.98 Å². The molecular formula is C11H18N2O2. The maximum Gasteiger partial charge on any atom is 0.218 e. The lowest BCUT2D eigenvalue weighted by Crippen LogP contribution is -2.20. The maximum atomic E-state index is 5.81. The van der Waals surface area contributed by atoms with E-state index in [-0.39, 0.29) is 12.1 Å². The summed E-state index contributed by atoms with van der Waals surface area (Å²) < 4.78 is 10.6. The van der Waals surface area contributed by atoms with Crippen molar-refractivity contribution in [2.24, 2.45) is 5.73 Å². The van der Waals surface area contributed by atoms with E-state index < -0.39 is 0 Å². The van der Waals surface area contributed by atoms with Gasteiger partial charge in [-0.15, -0.1) is 0 Å². The van der Waals surface area contributed by atoms with Gasteiger partial charge in [0.2, 0.25) is 5.88 Å². The third kappa shape index (κ3) is 3.49. The molecule has 1 aromatic heterocycles. The lowest BCUT2D eigenvalue weighted by molar-refractivity contribution is 0.0880. The van der Waals surface area contributed by atoms with Gasteiger partial charge in [0.05, 0.1) is 6.61 Å². The van der Waals surface area contributed by atoms with E-state index in [4.69, 9.17) is 15.2 Å². The Bertz CT molecular complexity index is 302. The van der Waals surface area contributed by atoms with Crippen molar-refractivity contribution in [3.8, 4) is 5.88 Å². The van der Waals surface area contributed by atoms with Gasteiger partial charge in [0.15, 0.2) is 0 Å².